The molecule has 1 aliphatic rings. The van der Waals surface area contributed by atoms with Gasteiger partial charge in [0.2, 0.25) is 0 Å². The van der Waals surface area contributed by atoms with Crippen molar-refractivity contribution in [3.63, 3.8) is 0 Å². The molecule has 1 saturated carbocycles. The summed E-state index contributed by atoms with van der Waals surface area (Å²) < 4.78 is 0.935. The van der Waals surface area contributed by atoms with Gasteiger partial charge in [0, 0.05) is 20.5 Å². The van der Waals surface area contributed by atoms with Crippen molar-refractivity contribution >= 4 is 56.0 Å². The van der Waals surface area contributed by atoms with Crippen LogP contribution in [0, 0.1) is 15.4 Å². The van der Waals surface area contributed by atoms with Crippen LogP contribution in [0.2, 0.25) is 5.02 Å². The van der Waals surface area contributed by atoms with Crippen molar-refractivity contribution in [1.29, 1.82) is 0 Å². The minimum absolute atomic E-state index is 0.0178. The maximum absolute atomic E-state index is 12.3. The van der Waals surface area contributed by atoms with Crippen molar-refractivity contribution in [1.82, 2.24) is 5.32 Å². The molecule has 1 aromatic carbocycles. The van der Waals surface area contributed by atoms with E-state index in [1.165, 1.54) is 25.7 Å². The number of rotatable bonds is 4. The molecule has 0 saturated heterocycles. The van der Waals surface area contributed by atoms with E-state index < -0.39 is 0 Å². The summed E-state index contributed by atoms with van der Waals surface area (Å²) in [6.07, 6.45) is 5.06. The third-order valence-corrected chi connectivity index (χ3v) is 5.97. The second kappa shape index (κ2) is 7.99. The summed E-state index contributed by atoms with van der Waals surface area (Å²) in [6, 6.07) is 5.42. The lowest BCUT2D eigenvalue weighted by Gasteiger charge is -2.30. The number of carbonyl (C=O) groups excluding carboxylic acids is 1. The number of carbonyl (C=O) groups is 1. The molecule has 0 heterocycles. The van der Waals surface area contributed by atoms with E-state index in [4.69, 9.17) is 11.6 Å². The normalized spacial score (nSPS) is 22.6. The summed E-state index contributed by atoms with van der Waals surface area (Å²) >= 11 is 11.7. The second-order valence-electron chi connectivity index (χ2n) is 5.29. The molecular weight excluding hydrogens is 452 g/mol. The summed E-state index contributed by atoms with van der Waals surface area (Å²) in [5.41, 5.74) is 0.671. The first-order valence-corrected chi connectivity index (χ1v) is 9.49. The Labute approximate surface area is 147 Å². The third kappa shape index (κ3) is 4.34. The van der Waals surface area contributed by atoms with Crippen LogP contribution in [-0.4, -0.2) is 17.8 Å². The Kier molecular flexibility index (Phi) is 6.62. The highest BCUT2D eigenvalue weighted by molar-refractivity contribution is 14.1. The van der Waals surface area contributed by atoms with Gasteiger partial charge in [0.25, 0.3) is 5.91 Å². The van der Waals surface area contributed by atoms with E-state index >= 15 is 0 Å². The van der Waals surface area contributed by atoms with Gasteiger partial charge >= 0.3 is 0 Å². The monoisotopic (exact) mass is 469 g/mol. The maximum Gasteiger partial charge on any atom is 0.252 e. The Bertz CT molecular complexity index is 483. The molecule has 0 spiro atoms. The van der Waals surface area contributed by atoms with E-state index in [-0.39, 0.29) is 5.91 Å². The van der Waals surface area contributed by atoms with Gasteiger partial charge in [0.05, 0.1) is 5.56 Å². The molecule has 1 N–H and O–H groups in total. The van der Waals surface area contributed by atoms with Crippen LogP contribution in [0.1, 0.15) is 36.0 Å². The molecule has 1 fully saturated rings. The van der Waals surface area contributed by atoms with Crippen LogP contribution < -0.4 is 5.32 Å². The van der Waals surface area contributed by atoms with Crippen molar-refractivity contribution < 1.29 is 4.79 Å². The zero-order valence-corrected chi connectivity index (χ0v) is 15.7. The van der Waals surface area contributed by atoms with Gasteiger partial charge in [-0.3, -0.25) is 4.79 Å². The summed E-state index contributed by atoms with van der Waals surface area (Å²) in [4.78, 5) is 12.3. The SMILES string of the molecule is O=C(NCC1CCCCC1CBr)c1cc(Cl)ccc1I. The van der Waals surface area contributed by atoms with Gasteiger partial charge in [-0.2, -0.15) is 0 Å². The number of halogens is 3. The highest BCUT2D eigenvalue weighted by Gasteiger charge is 2.24. The van der Waals surface area contributed by atoms with Crippen LogP contribution in [0.4, 0.5) is 0 Å². The van der Waals surface area contributed by atoms with E-state index in [1.54, 1.807) is 6.07 Å². The van der Waals surface area contributed by atoms with Crippen molar-refractivity contribution in [2.75, 3.05) is 11.9 Å². The van der Waals surface area contributed by atoms with Crippen LogP contribution in [0.3, 0.4) is 0 Å². The Hall–Kier alpha value is 0.190. The van der Waals surface area contributed by atoms with E-state index in [1.807, 2.05) is 12.1 Å². The Morgan fingerprint density at radius 1 is 1.35 bits per heavy atom. The van der Waals surface area contributed by atoms with E-state index in [0.717, 1.165) is 15.4 Å². The predicted molar refractivity (Wildman–Crippen MR) is 95.7 cm³/mol. The predicted octanol–water partition coefficient (Wildman–Crippen LogP) is 4.88. The van der Waals surface area contributed by atoms with Gasteiger partial charge in [-0.05, 0) is 65.5 Å². The highest BCUT2D eigenvalue weighted by Crippen LogP contribution is 2.31. The molecule has 110 valence electrons. The molecule has 1 aromatic rings. The van der Waals surface area contributed by atoms with Crippen LogP contribution in [0.25, 0.3) is 0 Å². The first-order chi connectivity index (χ1) is 9.61. The molecule has 20 heavy (non-hydrogen) atoms. The average Bonchev–Trinajstić information content (AvgIpc) is 2.47. The lowest BCUT2D eigenvalue weighted by molar-refractivity contribution is 0.0936. The quantitative estimate of drug-likeness (QED) is 0.494. The molecule has 0 bridgehead atoms. The molecule has 2 nitrogen and oxygen atoms in total. The molecule has 1 amide bonds. The molecule has 0 aliphatic heterocycles. The number of hydrogen-bond acceptors (Lipinski definition) is 1. The molecule has 0 aromatic heterocycles. The Morgan fingerprint density at radius 3 is 2.75 bits per heavy atom. The standard InChI is InChI=1S/C15H18BrClINO/c16-8-10-3-1-2-4-11(10)9-19-15(20)13-7-12(17)5-6-14(13)18/h5-7,10-11H,1-4,8-9H2,(H,19,20). The van der Waals surface area contributed by atoms with E-state index in [2.05, 4.69) is 43.8 Å². The first-order valence-electron chi connectivity index (χ1n) is 6.91. The summed E-state index contributed by atoms with van der Waals surface area (Å²) in [6.45, 7) is 0.762. The average molecular weight is 471 g/mol. The highest BCUT2D eigenvalue weighted by atomic mass is 127. The summed E-state index contributed by atoms with van der Waals surface area (Å²) in [5.74, 6) is 1.25. The van der Waals surface area contributed by atoms with Gasteiger partial charge in [0.15, 0.2) is 0 Å². The molecule has 5 heteroatoms. The number of benzene rings is 1. The fourth-order valence-corrected chi connectivity index (χ4v) is 4.35. The molecule has 2 rings (SSSR count). The lowest BCUT2D eigenvalue weighted by atomic mass is 9.80. The van der Waals surface area contributed by atoms with Gasteiger partial charge in [-0.1, -0.05) is 40.4 Å². The van der Waals surface area contributed by atoms with E-state index in [0.29, 0.717) is 22.4 Å². The van der Waals surface area contributed by atoms with Crippen molar-refractivity contribution in [2.45, 2.75) is 25.7 Å². The fourth-order valence-electron chi connectivity index (χ4n) is 2.75. The first kappa shape index (κ1) is 16.6. The van der Waals surface area contributed by atoms with Crippen molar-refractivity contribution in [2.24, 2.45) is 11.8 Å². The molecule has 2 unspecified atom stereocenters. The van der Waals surface area contributed by atoms with Crippen molar-refractivity contribution in [3.05, 3.63) is 32.4 Å². The number of amides is 1. The minimum atomic E-state index is -0.0178. The van der Waals surface area contributed by atoms with Gasteiger partial charge in [-0.15, -0.1) is 0 Å². The maximum atomic E-state index is 12.3. The molecular formula is C15H18BrClINO. The summed E-state index contributed by atoms with van der Waals surface area (Å²) in [7, 11) is 0. The number of alkyl halides is 1. The van der Waals surface area contributed by atoms with Gasteiger partial charge < -0.3 is 5.32 Å². The molecule has 1 aliphatic carbocycles. The largest absolute Gasteiger partial charge is 0.352 e. The Balaban J connectivity index is 1.96. The topological polar surface area (TPSA) is 29.1 Å². The zero-order chi connectivity index (χ0) is 14.5. The third-order valence-electron chi connectivity index (χ3n) is 3.96. The van der Waals surface area contributed by atoms with Gasteiger partial charge in [0.1, 0.15) is 0 Å². The number of nitrogens with one attached hydrogen (secondary N) is 1. The van der Waals surface area contributed by atoms with Gasteiger partial charge in [-0.25, -0.2) is 0 Å². The van der Waals surface area contributed by atoms with E-state index in [9.17, 15) is 4.79 Å². The molecule has 2 atom stereocenters. The van der Waals surface area contributed by atoms with Crippen LogP contribution in [-0.2, 0) is 0 Å². The summed E-state index contributed by atoms with van der Waals surface area (Å²) in [5, 5.41) is 4.71. The van der Waals surface area contributed by atoms with Crippen LogP contribution in [0.5, 0.6) is 0 Å². The number of hydrogen-bond donors (Lipinski definition) is 1. The van der Waals surface area contributed by atoms with Crippen LogP contribution in [0.15, 0.2) is 18.2 Å². The van der Waals surface area contributed by atoms with Crippen molar-refractivity contribution in [3.8, 4) is 0 Å². The molecule has 0 radical (unpaired) electrons. The zero-order valence-electron chi connectivity index (χ0n) is 11.2. The Morgan fingerprint density at radius 2 is 2.05 bits per heavy atom. The lowest BCUT2D eigenvalue weighted by Crippen LogP contribution is -2.35. The fraction of sp³-hybridized carbons (Fsp3) is 0.533. The smallest absolute Gasteiger partial charge is 0.252 e. The van der Waals surface area contributed by atoms with Crippen LogP contribution >= 0.6 is 50.1 Å². The second-order valence-corrected chi connectivity index (χ2v) is 7.54. The minimum Gasteiger partial charge on any atom is -0.352 e.